The van der Waals surface area contributed by atoms with E-state index in [0.717, 1.165) is 17.0 Å². The van der Waals surface area contributed by atoms with Gasteiger partial charge in [0.05, 0.1) is 18.0 Å². The zero-order chi connectivity index (χ0) is 18.5. The monoisotopic (exact) mass is 369 g/mol. The zero-order valence-electron chi connectivity index (χ0n) is 14.7. The van der Waals surface area contributed by atoms with Crippen LogP contribution in [0.2, 0.25) is 5.02 Å². The van der Waals surface area contributed by atoms with E-state index in [-0.39, 0.29) is 17.9 Å². The number of fused-ring (bicyclic) bond motifs is 1. The number of hydrogen-bond donors (Lipinski definition) is 1. The fourth-order valence-electron chi connectivity index (χ4n) is 3.48. The number of nitrogens with two attached hydrogens (primary N) is 1. The maximum atomic E-state index is 12.2. The van der Waals surface area contributed by atoms with Crippen molar-refractivity contribution in [2.24, 2.45) is 15.7 Å². The summed E-state index contributed by atoms with van der Waals surface area (Å²) >= 11 is 6.11. The first kappa shape index (κ1) is 16.8. The van der Waals surface area contributed by atoms with Crippen LogP contribution in [0.15, 0.2) is 52.6 Å². The number of guanidine groups is 1. The van der Waals surface area contributed by atoms with Gasteiger partial charge >= 0.3 is 0 Å². The summed E-state index contributed by atoms with van der Waals surface area (Å²) in [6.07, 6.45) is 6.39. The molecule has 0 fully saturated rings. The standard InChI is InChI=1S/C19H20ClN5O/c1-19(9-17(26)24(2)18(21)23-19)15-11-25-10-13(6-7-16(25)22-15)12-4-3-5-14(20)8-12/h3-8,10,15H,9,11H2,1-2H3,(H2,21,23)/t15?,19-/m0/s1. The highest BCUT2D eigenvalue weighted by Crippen LogP contribution is 2.33. The predicted molar refractivity (Wildman–Crippen MR) is 104 cm³/mol. The minimum absolute atomic E-state index is 0.0317. The van der Waals surface area contributed by atoms with Gasteiger partial charge in [-0.2, -0.15) is 0 Å². The lowest BCUT2D eigenvalue weighted by molar-refractivity contribution is -0.128. The van der Waals surface area contributed by atoms with Gasteiger partial charge in [0.25, 0.3) is 0 Å². The third kappa shape index (κ3) is 2.80. The lowest BCUT2D eigenvalue weighted by Crippen LogP contribution is -2.53. The Kier molecular flexibility index (Phi) is 3.88. The molecule has 1 aromatic rings. The Balaban J connectivity index is 1.60. The van der Waals surface area contributed by atoms with E-state index in [1.54, 1.807) is 7.05 Å². The van der Waals surface area contributed by atoms with E-state index in [2.05, 4.69) is 16.1 Å². The molecule has 1 amide bonds. The molecule has 3 aliphatic rings. The van der Waals surface area contributed by atoms with Gasteiger partial charge in [0.1, 0.15) is 5.84 Å². The Morgan fingerprint density at radius 2 is 2.15 bits per heavy atom. The molecule has 7 heteroatoms. The molecule has 0 saturated heterocycles. The summed E-state index contributed by atoms with van der Waals surface area (Å²) in [4.78, 5) is 25.1. The van der Waals surface area contributed by atoms with Crippen molar-refractivity contribution >= 4 is 34.9 Å². The highest BCUT2D eigenvalue weighted by Gasteiger charge is 2.44. The number of benzene rings is 1. The van der Waals surface area contributed by atoms with Gasteiger partial charge in [0.2, 0.25) is 5.91 Å². The van der Waals surface area contributed by atoms with E-state index in [1.807, 2.05) is 43.3 Å². The molecular formula is C19H20ClN5O. The van der Waals surface area contributed by atoms with Crippen molar-refractivity contribution in [3.05, 3.63) is 53.2 Å². The summed E-state index contributed by atoms with van der Waals surface area (Å²) in [5, 5.41) is 0.706. The number of carbonyl (C=O) groups is 1. The summed E-state index contributed by atoms with van der Waals surface area (Å²) in [6, 6.07) is 7.63. The van der Waals surface area contributed by atoms with E-state index in [1.165, 1.54) is 4.90 Å². The summed E-state index contributed by atoms with van der Waals surface area (Å²) in [5.74, 6) is 1.09. The molecule has 0 aromatic heterocycles. The quantitative estimate of drug-likeness (QED) is 0.869. The van der Waals surface area contributed by atoms with Crippen molar-refractivity contribution in [3.8, 4) is 0 Å². The number of rotatable bonds is 2. The number of aliphatic imine (C=N–C) groups is 2. The number of hydrogen-bond acceptors (Lipinski definition) is 5. The van der Waals surface area contributed by atoms with Gasteiger partial charge in [0.15, 0.2) is 5.96 Å². The minimum Gasteiger partial charge on any atom is -0.369 e. The molecule has 0 bridgehead atoms. The van der Waals surface area contributed by atoms with Crippen LogP contribution in [0, 0.1) is 0 Å². The molecule has 134 valence electrons. The summed E-state index contributed by atoms with van der Waals surface area (Å²) in [6.45, 7) is 2.61. The van der Waals surface area contributed by atoms with Gasteiger partial charge in [-0.1, -0.05) is 23.7 Å². The van der Waals surface area contributed by atoms with Crippen LogP contribution in [-0.4, -0.2) is 52.7 Å². The Morgan fingerprint density at radius 1 is 1.35 bits per heavy atom. The number of halogens is 1. The smallest absolute Gasteiger partial charge is 0.231 e. The average Bonchev–Trinajstić information content (AvgIpc) is 3.04. The first-order chi connectivity index (χ1) is 12.4. The number of amidine groups is 1. The maximum Gasteiger partial charge on any atom is 0.231 e. The number of carbonyl (C=O) groups excluding carboxylic acids is 1. The van der Waals surface area contributed by atoms with Crippen LogP contribution >= 0.6 is 11.6 Å². The van der Waals surface area contributed by atoms with Gasteiger partial charge in [-0.15, -0.1) is 0 Å². The molecule has 2 atom stereocenters. The molecule has 0 spiro atoms. The van der Waals surface area contributed by atoms with Crippen LogP contribution in [0.5, 0.6) is 0 Å². The molecule has 3 aliphatic heterocycles. The van der Waals surface area contributed by atoms with Crippen LogP contribution in [0.4, 0.5) is 0 Å². The molecule has 26 heavy (non-hydrogen) atoms. The fraction of sp³-hybridized carbons (Fsp3) is 0.316. The van der Waals surface area contributed by atoms with E-state index < -0.39 is 5.54 Å². The molecule has 4 rings (SSSR count). The predicted octanol–water partition coefficient (Wildman–Crippen LogP) is 2.27. The third-order valence-electron chi connectivity index (χ3n) is 5.13. The van der Waals surface area contributed by atoms with Crippen LogP contribution in [0.25, 0.3) is 5.57 Å². The number of nitrogens with zero attached hydrogens (tertiary/aromatic N) is 4. The second kappa shape index (κ2) is 5.99. The van der Waals surface area contributed by atoms with E-state index in [4.69, 9.17) is 22.3 Å². The molecule has 1 aromatic carbocycles. The van der Waals surface area contributed by atoms with Gasteiger partial charge in [0, 0.05) is 24.8 Å². The Hall–Kier alpha value is -2.60. The van der Waals surface area contributed by atoms with Crippen LogP contribution in [-0.2, 0) is 4.79 Å². The largest absolute Gasteiger partial charge is 0.369 e. The summed E-state index contributed by atoms with van der Waals surface area (Å²) < 4.78 is 0. The average molecular weight is 370 g/mol. The first-order valence-electron chi connectivity index (χ1n) is 8.48. The van der Waals surface area contributed by atoms with Crippen molar-refractivity contribution in [3.63, 3.8) is 0 Å². The Labute approximate surface area is 157 Å². The SMILES string of the molecule is CN1C(=O)C[C@@](C)(C2CN3C=C(c4cccc(Cl)c4)C=CC3=N2)N=C1N. The molecular weight excluding hydrogens is 350 g/mol. The van der Waals surface area contributed by atoms with Gasteiger partial charge in [-0.05, 0) is 42.3 Å². The Morgan fingerprint density at radius 3 is 2.88 bits per heavy atom. The van der Waals surface area contributed by atoms with Gasteiger partial charge < -0.3 is 10.6 Å². The highest BCUT2D eigenvalue weighted by atomic mass is 35.5. The Bertz CT molecular complexity index is 903. The number of amides is 1. The van der Waals surface area contributed by atoms with Crippen molar-refractivity contribution in [1.29, 1.82) is 0 Å². The normalized spacial score (nSPS) is 27.9. The van der Waals surface area contributed by atoms with Gasteiger partial charge in [-0.3, -0.25) is 14.7 Å². The van der Waals surface area contributed by atoms with Crippen LogP contribution in [0.1, 0.15) is 18.9 Å². The third-order valence-corrected chi connectivity index (χ3v) is 5.37. The molecule has 0 saturated carbocycles. The fourth-order valence-corrected chi connectivity index (χ4v) is 3.67. The van der Waals surface area contributed by atoms with Crippen molar-refractivity contribution < 1.29 is 4.79 Å². The van der Waals surface area contributed by atoms with Crippen LogP contribution in [0.3, 0.4) is 0 Å². The molecule has 3 heterocycles. The van der Waals surface area contributed by atoms with E-state index in [9.17, 15) is 4.79 Å². The lowest BCUT2D eigenvalue weighted by Gasteiger charge is -2.36. The van der Waals surface area contributed by atoms with E-state index in [0.29, 0.717) is 18.0 Å². The topological polar surface area (TPSA) is 74.3 Å². The van der Waals surface area contributed by atoms with E-state index >= 15 is 0 Å². The van der Waals surface area contributed by atoms with Crippen molar-refractivity contribution in [2.75, 3.05) is 13.6 Å². The lowest BCUT2D eigenvalue weighted by atomic mass is 9.88. The second-order valence-electron chi connectivity index (χ2n) is 7.04. The van der Waals surface area contributed by atoms with Gasteiger partial charge in [-0.25, -0.2) is 4.99 Å². The molecule has 6 nitrogen and oxygen atoms in total. The number of allylic oxidation sites excluding steroid dienone is 2. The molecule has 1 unspecified atom stereocenters. The second-order valence-corrected chi connectivity index (χ2v) is 7.48. The van der Waals surface area contributed by atoms with Crippen LogP contribution < -0.4 is 5.73 Å². The summed E-state index contributed by atoms with van der Waals surface area (Å²) in [7, 11) is 1.65. The first-order valence-corrected chi connectivity index (χ1v) is 8.86. The van der Waals surface area contributed by atoms with Crippen molar-refractivity contribution in [1.82, 2.24) is 9.80 Å². The zero-order valence-corrected chi connectivity index (χ0v) is 15.4. The maximum absolute atomic E-state index is 12.2. The molecule has 2 N–H and O–H groups in total. The highest BCUT2D eigenvalue weighted by molar-refractivity contribution is 6.30. The molecule has 0 aliphatic carbocycles. The molecule has 0 radical (unpaired) electrons. The summed E-state index contributed by atoms with van der Waals surface area (Å²) in [5.41, 5.74) is 7.42. The minimum atomic E-state index is -0.629. The van der Waals surface area contributed by atoms with Crippen molar-refractivity contribution in [2.45, 2.75) is 24.9 Å².